The molecule has 0 unspecified atom stereocenters. The number of piperidine rings is 1. The van der Waals surface area contributed by atoms with Gasteiger partial charge >= 0.3 is 10.2 Å². The molecule has 12 heteroatoms. The molecule has 158 valence electrons. The molecule has 3 aliphatic rings. The molecule has 3 fully saturated rings. The predicted molar refractivity (Wildman–Crippen MR) is 102 cm³/mol. The molecule has 2 saturated heterocycles. The van der Waals surface area contributed by atoms with Crippen LogP contribution in [0.1, 0.15) is 25.7 Å². The minimum atomic E-state index is -3.83. The molecule has 2 amide bonds. The second-order valence-corrected chi connectivity index (χ2v) is 9.35. The van der Waals surface area contributed by atoms with Crippen molar-refractivity contribution in [1.82, 2.24) is 19.2 Å². The summed E-state index contributed by atoms with van der Waals surface area (Å²) in [5.41, 5.74) is 0. The van der Waals surface area contributed by atoms with Gasteiger partial charge in [-0.05, 0) is 31.6 Å². The topological polar surface area (TPSA) is 132 Å². The van der Waals surface area contributed by atoms with Crippen LogP contribution in [0.5, 0.6) is 0 Å². The number of carbonyl (C=O) groups excluding carboxylic acids is 2. The van der Waals surface area contributed by atoms with Crippen LogP contribution in [0.15, 0.2) is 0 Å². The van der Waals surface area contributed by atoms with Crippen molar-refractivity contribution >= 4 is 34.4 Å². The van der Waals surface area contributed by atoms with Gasteiger partial charge in [0, 0.05) is 26.7 Å². The number of ether oxygens (including phenoxy) is 1. The molecular formula is C16H26ClN5O5S. The van der Waals surface area contributed by atoms with Crippen molar-refractivity contribution < 1.29 is 22.7 Å². The highest BCUT2D eigenvalue weighted by Gasteiger charge is 2.50. The average Bonchev–Trinajstić information content (AvgIpc) is 3.33. The maximum Gasteiger partial charge on any atom is 0.303 e. The van der Waals surface area contributed by atoms with Crippen LogP contribution in [0.4, 0.5) is 0 Å². The van der Waals surface area contributed by atoms with E-state index < -0.39 is 16.1 Å². The van der Waals surface area contributed by atoms with Crippen LogP contribution in [0.25, 0.3) is 0 Å². The Bertz CT molecular complexity index is 755. The molecule has 0 aromatic heterocycles. The molecule has 3 rings (SSSR count). The second-order valence-electron chi connectivity index (χ2n) is 7.46. The Labute approximate surface area is 171 Å². The lowest BCUT2D eigenvalue weighted by Crippen LogP contribution is -2.54. The fourth-order valence-electron chi connectivity index (χ4n) is 4.10. The normalized spacial score (nSPS) is 31.5. The largest absolute Gasteiger partial charge is 0.367 e. The Balaban J connectivity index is 0.00000280. The van der Waals surface area contributed by atoms with E-state index in [-0.39, 0.29) is 55.1 Å². The summed E-state index contributed by atoms with van der Waals surface area (Å²) >= 11 is 0. The van der Waals surface area contributed by atoms with Gasteiger partial charge in [-0.3, -0.25) is 9.59 Å². The lowest BCUT2D eigenvalue weighted by atomic mass is 9.97. The van der Waals surface area contributed by atoms with Crippen LogP contribution >= 0.6 is 12.4 Å². The zero-order chi connectivity index (χ0) is 19.8. The van der Waals surface area contributed by atoms with E-state index in [2.05, 4.69) is 11.4 Å². The molecule has 1 aliphatic carbocycles. The highest BCUT2D eigenvalue weighted by atomic mass is 35.5. The van der Waals surface area contributed by atoms with E-state index in [0.717, 1.165) is 23.6 Å². The Hall–Kier alpha value is -1.45. The maximum absolute atomic E-state index is 12.7. The first-order valence-electron chi connectivity index (χ1n) is 9.03. The van der Waals surface area contributed by atoms with Crippen LogP contribution in [0.2, 0.25) is 0 Å². The molecule has 0 radical (unpaired) electrons. The van der Waals surface area contributed by atoms with Crippen molar-refractivity contribution in [3.63, 3.8) is 0 Å². The van der Waals surface area contributed by atoms with Gasteiger partial charge in [0.1, 0.15) is 12.6 Å². The third-order valence-electron chi connectivity index (χ3n) is 5.51. The van der Waals surface area contributed by atoms with Crippen LogP contribution in [0, 0.1) is 17.2 Å². The number of nitrogens with zero attached hydrogens (tertiary/aromatic N) is 3. The highest BCUT2D eigenvalue weighted by molar-refractivity contribution is 7.87. The summed E-state index contributed by atoms with van der Waals surface area (Å²) in [7, 11) is -1.18. The van der Waals surface area contributed by atoms with E-state index in [0.29, 0.717) is 13.0 Å². The van der Waals surface area contributed by atoms with Gasteiger partial charge < -0.3 is 15.0 Å². The average molecular weight is 436 g/mol. The van der Waals surface area contributed by atoms with Gasteiger partial charge in [0.15, 0.2) is 0 Å². The molecule has 2 bridgehead atoms. The number of hydrogen-bond acceptors (Lipinski definition) is 7. The number of halogens is 1. The van der Waals surface area contributed by atoms with E-state index in [4.69, 9.17) is 4.74 Å². The van der Waals surface area contributed by atoms with E-state index in [9.17, 15) is 23.3 Å². The van der Waals surface area contributed by atoms with Crippen molar-refractivity contribution in [3.8, 4) is 6.07 Å². The van der Waals surface area contributed by atoms with E-state index in [1.807, 2.05) is 4.72 Å². The summed E-state index contributed by atoms with van der Waals surface area (Å²) in [5.74, 6) is -0.658. The number of amides is 2. The maximum atomic E-state index is 12.7. The lowest BCUT2D eigenvalue weighted by Gasteiger charge is -2.32. The van der Waals surface area contributed by atoms with Crippen LogP contribution in [-0.2, 0) is 24.5 Å². The predicted octanol–water partition coefficient (Wildman–Crippen LogP) is -1.02. The number of nitriles is 1. The molecule has 10 nitrogen and oxygen atoms in total. The first kappa shape index (κ1) is 22.8. The number of carbonyl (C=O) groups is 2. The number of rotatable bonds is 6. The van der Waals surface area contributed by atoms with Crippen LogP contribution < -0.4 is 10.0 Å². The third-order valence-corrected chi connectivity index (χ3v) is 6.96. The molecule has 0 aromatic rings. The van der Waals surface area contributed by atoms with Crippen molar-refractivity contribution in [1.29, 1.82) is 5.26 Å². The lowest BCUT2D eigenvalue weighted by molar-refractivity contribution is -0.136. The summed E-state index contributed by atoms with van der Waals surface area (Å²) < 4.78 is 31.7. The minimum Gasteiger partial charge on any atom is -0.367 e. The van der Waals surface area contributed by atoms with E-state index in [1.165, 1.54) is 14.1 Å². The standard InChI is InChI=1S/C16H25N5O5S.ClH/c1-20(2)27(24,25)19-14(22)9-26-13-7-10-6-12(13)18-15(10)16(23)21-5-3-4-11(21)8-17;/h10-13,15,18H,3-7,9H2,1-2H3,(H,19,22);1H/t10-,11-,12+,13+,15-;/m0./s1. The quantitative estimate of drug-likeness (QED) is 0.545. The van der Waals surface area contributed by atoms with Crippen LogP contribution in [0.3, 0.4) is 0 Å². The Morgan fingerprint density at radius 3 is 2.64 bits per heavy atom. The Kier molecular flexibility index (Phi) is 7.27. The summed E-state index contributed by atoms with van der Waals surface area (Å²) in [4.78, 5) is 26.2. The van der Waals surface area contributed by atoms with E-state index >= 15 is 0 Å². The van der Waals surface area contributed by atoms with Gasteiger partial charge in [0.25, 0.3) is 5.91 Å². The first-order valence-corrected chi connectivity index (χ1v) is 10.5. The second kappa shape index (κ2) is 8.92. The molecule has 2 aliphatic heterocycles. The van der Waals surface area contributed by atoms with E-state index in [1.54, 1.807) is 4.90 Å². The Morgan fingerprint density at radius 1 is 1.36 bits per heavy atom. The highest BCUT2D eigenvalue weighted by Crippen LogP contribution is 2.38. The molecule has 0 spiro atoms. The van der Waals surface area contributed by atoms with Gasteiger partial charge in [-0.2, -0.15) is 18.0 Å². The molecule has 28 heavy (non-hydrogen) atoms. The summed E-state index contributed by atoms with van der Waals surface area (Å²) in [6, 6.07) is 1.48. The fourth-order valence-corrected chi connectivity index (χ4v) is 4.63. The summed E-state index contributed by atoms with van der Waals surface area (Å²) in [5, 5.41) is 12.4. The molecule has 5 atom stereocenters. The van der Waals surface area contributed by atoms with Gasteiger partial charge in [-0.25, -0.2) is 4.72 Å². The van der Waals surface area contributed by atoms with Crippen molar-refractivity contribution in [2.45, 2.75) is 49.9 Å². The van der Waals surface area contributed by atoms with Crippen molar-refractivity contribution in [2.75, 3.05) is 27.2 Å². The van der Waals surface area contributed by atoms with Gasteiger partial charge in [-0.1, -0.05) is 0 Å². The SMILES string of the molecule is CN(C)S(=O)(=O)NC(=O)CO[C@@H]1C[C@@H]2C[C@H]1N[C@@H]2C(=O)N1CCC[C@H]1C#N.Cl. The fraction of sp³-hybridized carbons (Fsp3) is 0.812. The number of hydrogen-bond donors (Lipinski definition) is 2. The van der Waals surface area contributed by atoms with Crippen molar-refractivity contribution in [2.24, 2.45) is 5.92 Å². The number of nitrogens with one attached hydrogen (secondary N) is 2. The smallest absolute Gasteiger partial charge is 0.303 e. The first-order chi connectivity index (χ1) is 12.7. The van der Waals surface area contributed by atoms with Gasteiger partial charge in [-0.15, -0.1) is 12.4 Å². The summed E-state index contributed by atoms with van der Waals surface area (Å²) in [6.45, 7) is 0.261. The van der Waals surface area contributed by atoms with Gasteiger partial charge in [0.05, 0.1) is 18.2 Å². The summed E-state index contributed by atoms with van der Waals surface area (Å²) in [6.07, 6.45) is 2.73. The molecule has 2 N–H and O–H groups in total. The molecule has 2 heterocycles. The zero-order valence-corrected chi connectivity index (χ0v) is 17.5. The van der Waals surface area contributed by atoms with Gasteiger partial charge in [0.2, 0.25) is 5.91 Å². The zero-order valence-electron chi connectivity index (χ0n) is 15.8. The third kappa shape index (κ3) is 4.58. The Morgan fingerprint density at radius 2 is 2.07 bits per heavy atom. The number of likely N-dealkylation sites (tertiary alicyclic amines) is 1. The van der Waals surface area contributed by atoms with Crippen LogP contribution in [-0.4, -0.2) is 80.9 Å². The monoisotopic (exact) mass is 435 g/mol. The molecular weight excluding hydrogens is 410 g/mol. The van der Waals surface area contributed by atoms with Crippen molar-refractivity contribution in [3.05, 3.63) is 0 Å². The minimum absolute atomic E-state index is 0. The molecule has 1 saturated carbocycles. The molecule has 0 aromatic carbocycles. The number of fused-ring (bicyclic) bond motifs is 2.